The van der Waals surface area contributed by atoms with Gasteiger partial charge in [-0.05, 0) is 12.1 Å². The van der Waals surface area contributed by atoms with Crippen molar-refractivity contribution in [3.63, 3.8) is 0 Å². The molecule has 2 heterocycles. The van der Waals surface area contributed by atoms with E-state index < -0.39 is 23.4 Å². The number of halogens is 6. The molecule has 30 heavy (non-hydrogen) atoms. The topological polar surface area (TPSA) is 99.8 Å². The van der Waals surface area contributed by atoms with Gasteiger partial charge >= 0.3 is 0 Å². The predicted octanol–water partition coefficient (Wildman–Crippen LogP) is 4.65. The van der Waals surface area contributed by atoms with Crippen LogP contribution in [0.5, 0.6) is 0 Å². The number of hydrogen-bond donors (Lipinski definition) is 3. The Morgan fingerprint density at radius 1 is 0.967 bits per heavy atom. The Morgan fingerprint density at radius 3 is 2.27 bits per heavy atom. The summed E-state index contributed by atoms with van der Waals surface area (Å²) in [4.78, 5) is 28.2. The van der Waals surface area contributed by atoms with E-state index in [-0.39, 0.29) is 41.0 Å². The van der Waals surface area contributed by atoms with Gasteiger partial charge in [0.1, 0.15) is 5.69 Å². The molecule has 0 spiro atoms. The van der Waals surface area contributed by atoms with E-state index in [1.165, 1.54) is 18.5 Å². The van der Waals surface area contributed by atoms with Crippen LogP contribution in [0.3, 0.4) is 0 Å². The largest absolute Gasteiger partial charge is 0.347 e. The number of carbonyl (C=O) groups excluding carboxylic acids is 2. The van der Waals surface area contributed by atoms with E-state index in [1.807, 2.05) is 0 Å². The van der Waals surface area contributed by atoms with Gasteiger partial charge in [-0.2, -0.15) is 5.10 Å². The molecule has 0 saturated heterocycles. The van der Waals surface area contributed by atoms with Crippen molar-refractivity contribution in [2.45, 2.75) is 6.54 Å². The van der Waals surface area contributed by atoms with Crippen molar-refractivity contribution in [1.29, 1.82) is 0 Å². The second kappa shape index (κ2) is 10.0. The number of pyridine rings is 1. The van der Waals surface area contributed by atoms with Crippen LogP contribution in [0.25, 0.3) is 0 Å². The minimum Gasteiger partial charge on any atom is -0.347 e. The lowest BCUT2D eigenvalue weighted by atomic mass is 10.2. The van der Waals surface area contributed by atoms with Gasteiger partial charge in [0.2, 0.25) is 0 Å². The van der Waals surface area contributed by atoms with Gasteiger partial charge in [0.15, 0.2) is 17.5 Å². The first-order chi connectivity index (χ1) is 13.8. The smallest absolute Gasteiger partial charge is 0.269 e. The van der Waals surface area contributed by atoms with E-state index in [9.17, 15) is 18.4 Å². The highest BCUT2D eigenvalue weighted by Crippen LogP contribution is 2.23. The van der Waals surface area contributed by atoms with E-state index in [4.69, 9.17) is 34.8 Å². The van der Waals surface area contributed by atoms with Crippen molar-refractivity contribution < 1.29 is 18.4 Å². The number of nitrogens with zero attached hydrogens (tertiary/aromatic N) is 2. The molecule has 2 aromatic heterocycles. The first-order valence-corrected chi connectivity index (χ1v) is 8.97. The second-order valence-corrected chi connectivity index (χ2v) is 6.85. The number of nitrogens with one attached hydrogen (secondary N) is 3. The fraction of sp³-hybridized carbons (Fsp3) is 0.0588. The standard InChI is InChI=1S/C17H10Cl3F2N5O2.ClH/c18-9-2-13(22)12(21)1-7(9)16(28)25-15-3-14(26-27-15)17(29)24-4-8-10(19)5-23-6-11(8)20;/h1-3,5-6H,4H2,(H,24,29)(H2,25,26,27,28);1H. The van der Waals surface area contributed by atoms with Crippen molar-refractivity contribution in [2.24, 2.45) is 0 Å². The zero-order valence-electron chi connectivity index (χ0n) is 14.6. The van der Waals surface area contributed by atoms with Crippen LogP contribution in [-0.2, 0) is 6.54 Å². The fourth-order valence-electron chi connectivity index (χ4n) is 2.25. The van der Waals surface area contributed by atoms with Crippen LogP contribution in [-0.4, -0.2) is 27.0 Å². The highest BCUT2D eigenvalue weighted by molar-refractivity contribution is 6.35. The van der Waals surface area contributed by atoms with Crippen LogP contribution < -0.4 is 10.6 Å². The lowest BCUT2D eigenvalue weighted by molar-refractivity contribution is 0.0945. The number of H-pyrrole nitrogens is 1. The number of carbonyl (C=O) groups is 2. The molecule has 0 aliphatic rings. The molecular formula is C17H11Cl4F2N5O2. The summed E-state index contributed by atoms with van der Waals surface area (Å²) in [6.07, 6.45) is 2.78. The van der Waals surface area contributed by atoms with Gasteiger partial charge < -0.3 is 10.6 Å². The number of anilines is 1. The quantitative estimate of drug-likeness (QED) is 0.447. The molecule has 7 nitrogen and oxygen atoms in total. The van der Waals surface area contributed by atoms with Gasteiger partial charge in [-0.1, -0.05) is 34.8 Å². The van der Waals surface area contributed by atoms with E-state index in [0.717, 1.165) is 0 Å². The van der Waals surface area contributed by atoms with Crippen molar-refractivity contribution in [3.05, 3.63) is 74.1 Å². The molecule has 0 bridgehead atoms. The molecule has 0 atom stereocenters. The molecule has 0 unspecified atom stereocenters. The Morgan fingerprint density at radius 2 is 1.60 bits per heavy atom. The summed E-state index contributed by atoms with van der Waals surface area (Å²) in [6.45, 7) is 0.0319. The maximum absolute atomic E-state index is 13.3. The van der Waals surface area contributed by atoms with Gasteiger partial charge in [-0.25, -0.2) is 8.78 Å². The lowest BCUT2D eigenvalue weighted by Crippen LogP contribution is -2.23. The van der Waals surface area contributed by atoms with Crippen LogP contribution in [0.2, 0.25) is 15.1 Å². The molecular weight excluding hydrogens is 486 g/mol. The molecule has 0 radical (unpaired) electrons. The van der Waals surface area contributed by atoms with Crippen LogP contribution in [0.4, 0.5) is 14.6 Å². The summed E-state index contributed by atoms with van der Waals surface area (Å²) in [5.41, 5.74) is 0.220. The highest BCUT2D eigenvalue weighted by atomic mass is 35.5. The molecule has 0 aliphatic heterocycles. The zero-order valence-corrected chi connectivity index (χ0v) is 17.7. The van der Waals surface area contributed by atoms with Crippen molar-refractivity contribution in [2.75, 3.05) is 5.32 Å². The average molecular weight is 497 g/mol. The molecule has 3 aromatic rings. The van der Waals surface area contributed by atoms with Gasteiger partial charge in [0.25, 0.3) is 11.8 Å². The van der Waals surface area contributed by atoms with Crippen molar-refractivity contribution in [1.82, 2.24) is 20.5 Å². The Labute approximate surface area is 189 Å². The number of hydrogen-bond acceptors (Lipinski definition) is 4. The van der Waals surface area contributed by atoms with Crippen molar-refractivity contribution in [3.8, 4) is 0 Å². The first kappa shape index (κ1) is 23.8. The maximum atomic E-state index is 13.3. The molecule has 2 amide bonds. The Kier molecular flexibility index (Phi) is 7.96. The van der Waals surface area contributed by atoms with Gasteiger partial charge in [-0.15, -0.1) is 12.4 Å². The van der Waals surface area contributed by atoms with Gasteiger partial charge in [0, 0.05) is 30.6 Å². The highest BCUT2D eigenvalue weighted by Gasteiger charge is 2.18. The molecule has 1 aromatic carbocycles. The average Bonchev–Trinajstić information content (AvgIpc) is 3.12. The molecule has 3 rings (SSSR count). The third kappa shape index (κ3) is 5.37. The molecule has 0 fully saturated rings. The van der Waals surface area contributed by atoms with Gasteiger partial charge in [-0.3, -0.25) is 19.7 Å². The summed E-state index contributed by atoms with van der Waals surface area (Å²) < 4.78 is 26.5. The number of rotatable bonds is 5. The number of aromatic amines is 1. The van der Waals surface area contributed by atoms with Crippen LogP contribution >= 0.6 is 47.2 Å². The van der Waals surface area contributed by atoms with Crippen molar-refractivity contribution >= 4 is 64.8 Å². The van der Waals surface area contributed by atoms with Gasteiger partial charge in [0.05, 0.1) is 20.6 Å². The summed E-state index contributed by atoms with van der Waals surface area (Å²) >= 11 is 17.7. The summed E-state index contributed by atoms with van der Waals surface area (Å²) in [5, 5.41) is 11.4. The summed E-state index contributed by atoms with van der Waals surface area (Å²) in [7, 11) is 0. The molecule has 0 aliphatic carbocycles. The molecule has 158 valence electrons. The summed E-state index contributed by atoms with van der Waals surface area (Å²) in [5.74, 6) is -3.81. The Bertz CT molecular complexity index is 1090. The van der Waals surface area contributed by atoms with Crippen LogP contribution in [0.1, 0.15) is 26.4 Å². The predicted molar refractivity (Wildman–Crippen MR) is 111 cm³/mol. The third-order valence-electron chi connectivity index (χ3n) is 3.70. The monoisotopic (exact) mass is 495 g/mol. The number of benzene rings is 1. The van der Waals surface area contributed by atoms with Crippen LogP contribution in [0, 0.1) is 11.6 Å². The SMILES string of the molecule is Cl.O=C(NCc1c(Cl)cncc1Cl)c1cc(NC(=O)c2cc(F)c(F)cc2Cl)n[nH]1. The van der Waals surface area contributed by atoms with Crippen LogP contribution in [0.15, 0.2) is 30.6 Å². The van der Waals surface area contributed by atoms with E-state index in [1.54, 1.807) is 0 Å². The lowest BCUT2D eigenvalue weighted by Gasteiger charge is -2.07. The molecule has 3 N–H and O–H groups in total. The summed E-state index contributed by atoms with van der Waals surface area (Å²) in [6, 6.07) is 2.59. The fourth-order valence-corrected chi connectivity index (χ4v) is 2.99. The second-order valence-electron chi connectivity index (χ2n) is 5.63. The van der Waals surface area contributed by atoms with E-state index in [2.05, 4.69) is 25.8 Å². The normalized spacial score (nSPS) is 10.3. The van der Waals surface area contributed by atoms with E-state index in [0.29, 0.717) is 27.7 Å². The molecule has 13 heteroatoms. The Balaban J connectivity index is 0.00000320. The van der Waals surface area contributed by atoms with E-state index >= 15 is 0 Å². The number of amides is 2. The molecule has 0 saturated carbocycles. The third-order valence-corrected chi connectivity index (χ3v) is 4.66. The Hall–Kier alpha value is -2.46. The zero-order chi connectivity index (χ0) is 21.1. The minimum atomic E-state index is -1.23. The first-order valence-electron chi connectivity index (χ1n) is 7.83. The minimum absolute atomic E-state index is 0. The maximum Gasteiger partial charge on any atom is 0.269 e. The number of aromatic nitrogens is 3.